The molecule has 1 saturated heterocycles. The first kappa shape index (κ1) is 21.6. The number of Topliss-reactive ketones (excluding diaryl/α,β-unsaturated/α-hetero) is 1. The predicted molar refractivity (Wildman–Crippen MR) is 122 cm³/mol. The summed E-state index contributed by atoms with van der Waals surface area (Å²) in [6.45, 7) is 11.0. The van der Waals surface area contributed by atoms with Crippen molar-refractivity contribution < 1.29 is 14.0 Å². The van der Waals surface area contributed by atoms with Gasteiger partial charge in [-0.2, -0.15) is 0 Å². The fraction of sp³-hybridized carbons (Fsp3) is 0.520. The normalized spacial score (nSPS) is 18.0. The average Bonchev–Trinajstić information content (AvgIpc) is 3.10. The van der Waals surface area contributed by atoms with Crippen LogP contribution in [-0.4, -0.2) is 55.4 Å². The first-order chi connectivity index (χ1) is 14.9. The average molecular weight is 424 g/mol. The summed E-state index contributed by atoms with van der Waals surface area (Å²) in [4.78, 5) is 29.8. The second kappa shape index (κ2) is 9.27. The molecular formula is C25H33N3O3. The standard InChI is InChI=1S/C25H33N3O3/c1-17-6-4-7-20(16-17)28-14-12-27(13-15-28)11-10-18(2)26-25(30)24-19(3)23-21(29)8-5-9-22(23)31-24/h4,6-7,16,18H,5,8-15H2,1-3H3,(H,26,30)/t18-/m0/s1. The molecule has 1 fully saturated rings. The summed E-state index contributed by atoms with van der Waals surface area (Å²) in [6.07, 6.45) is 2.96. The molecule has 6 nitrogen and oxygen atoms in total. The van der Waals surface area contributed by atoms with E-state index in [4.69, 9.17) is 4.42 Å². The van der Waals surface area contributed by atoms with Crippen LogP contribution in [0.25, 0.3) is 0 Å². The van der Waals surface area contributed by atoms with Gasteiger partial charge in [-0.15, -0.1) is 0 Å². The van der Waals surface area contributed by atoms with Gasteiger partial charge in [0, 0.05) is 62.9 Å². The van der Waals surface area contributed by atoms with Gasteiger partial charge in [0.2, 0.25) is 0 Å². The molecule has 0 unspecified atom stereocenters. The molecule has 1 aliphatic heterocycles. The first-order valence-electron chi connectivity index (χ1n) is 11.4. The van der Waals surface area contributed by atoms with Crippen molar-refractivity contribution in [3.05, 3.63) is 52.5 Å². The molecule has 1 aliphatic carbocycles. The number of ketones is 1. The van der Waals surface area contributed by atoms with E-state index < -0.39 is 0 Å². The molecule has 0 saturated carbocycles. The van der Waals surface area contributed by atoms with E-state index in [1.807, 2.05) is 13.8 Å². The van der Waals surface area contributed by atoms with Crippen molar-refractivity contribution in [2.75, 3.05) is 37.6 Å². The van der Waals surface area contributed by atoms with Gasteiger partial charge in [-0.05, 0) is 51.3 Å². The van der Waals surface area contributed by atoms with E-state index in [1.54, 1.807) is 0 Å². The minimum absolute atomic E-state index is 0.0412. The molecule has 4 rings (SSSR count). The Morgan fingerprint density at radius 2 is 1.94 bits per heavy atom. The minimum Gasteiger partial charge on any atom is -0.455 e. The number of nitrogens with one attached hydrogen (secondary N) is 1. The topological polar surface area (TPSA) is 65.8 Å². The van der Waals surface area contributed by atoms with Gasteiger partial charge >= 0.3 is 0 Å². The fourth-order valence-electron chi connectivity index (χ4n) is 4.66. The number of rotatable bonds is 6. The van der Waals surface area contributed by atoms with E-state index in [9.17, 15) is 9.59 Å². The van der Waals surface area contributed by atoms with Crippen molar-refractivity contribution in [3.63, 3.8) is 0 Å². The Hall–Kier alpha value is -2.60. The van der Waals surface area contributed by atoms with E-state index in [-0.39, 0.29) is 17.7 Å². The molecule has 1 amide bonds. The predicted octanol–water partition coefficient (Wildman–Crippen LogP) is 3.75. The summed E-state index contributed by atoms with van der Waals surface area (Å²) in [7, 11) is 0. The fourth-order valence-corrected chi connectivity index (χ4v) is 4.66. The molecule has 1 aromatic heterocycles. The Bertz CT molecular complexity index is 957. The maximum absolute atomic E-state index is 12.7. The molecule has 166 valence electrons. The van der Waals surface area contributed by atoms with E-state index >= 15 is 0 Å². The first-order valence-corrected chi connectivity index (χ1v) is 11.4. The zero-order valence-electron chi connectivity index (χ0n) is 18.9. The number of nitrogens with zero attached hydrogens (tertiary/aromatic N) is 2. The van der Waals surface area contributed by atoms with Crippen LogP contribution in [0.2, 0.25) is 0 Å². The lowest BCUT2D eigenvalue weighted by atomic mass is 9.94. The Labute approximate surface area is 184 Å². The molecule has 0 bridgehead atoms. The third kappa shape index (κ3) is 4.85. The number of carbonyl (C=O) groups excluding carboxylic acids is 2. The molecule has 0 spiro atoms. The third-order valence-corrected chi connectivity index (χ3v) is 6.51. The highest BCUT2D eigenvalue weighted by Gasteiger charge is 2.29. The zero-order valence-corrected chi connectivity index (χ0v) is 18.9. The number of anilines is 1. The lowest BCUT2D eigenvalue weighted by Crippen LogP contribution is -2.47. The maximum Gasteiger partial charge on any atom is 0.287 e. The number of furan rings is 1. The molecule has 1 atom stereocenters. The van der Waals surface area contributed by atoms with Gasteiger partial charge < -0.3 is 14.6 Å². The van der Waals surface area contributed by atoms with Crippen LogP contribution in [-0.2, 0) is 6.42 Å². The van der Waals surface area contributed by atoms with Crippen LogP contribution in [0.4, 0.5) is 5.69 Å². The largest absolute Gasteiger partial charge is 0.455 e. The Morgan fingerprint density at radius 1 is 1.16 bits per heavy atom. The van der Waals surface area contributed by atoms with E-state index in [0.717, 1.165) is 52.0 Å². The SMILES string of the molecule is Cc1cccc(N2CCN(CC[C@H](C)NC(=O)c3oc4c(c3C)C(=O)CCC4)CC2)c1. The van der Waals surface area contributed by atoms with Crippen LogP contribution < -0.4 is 10.2 Å². The second-order valence-electron chi connectivity index (χ2n) is 8.96. The number of hydrogen-bond donors (Lipinski definition) is 1. The van der Waals surface area contributed by atoms with Gasteiger partial charge in [0.25, 0.3) is 5.91 Å². The molecule has 2 aliphatic rings. The highest BCUT2D eigenvalue weighted by atomic mass is 16.4. The molecule has 2 aromatic rings. The van der Waals surface area contributed by atoms with Crippen molar-refractivity contribution in [2.24, 2.45) is 0 Å². The monoisotopic (exact) mass is 423 g/mol. The number of benzene rings is 1. The number of hydrogen-bond acceptors (Lipinski definition) is 5. The zero-order chi connectivity index (χ0) is 22.0. The van der Waals surface area contributed by atoms with Crippen molar-refractivity contribution in [3.8, 4) is 0 Å². The van der Waals surface area contributed by atoms with Gasteiger partial charge in [0.1, 0.15) is 5.76 Å². The summed E-state index contributed by atoms with van der Waals surface area (Å²) in [5.41, 5.74) is 3.92. The van der Waals surface area contributed by atoms with E-state index in [2.05, 4.69) is 46.3 Å². The van der Waals surface area contributed by atoms with Crippen molar-refractivity contribution in [1.82, 2.24) is 10.2 Å². The molecule has 6 heteroatoms. The number of amides is 1. The highest BCUT2D eigenvalue weighted by molar-refractivity contribution is 6.03. The van der Waals surface area contributed by atoms with Crippen molar-refractivity contribution >= 4 is 17.4 Å². The molecule has 2 heterocycles. The third-order valence-electron chi connectivity index (χ3n) is 6.51. The van der Waals surface area contributed by atoms with E-state index in [0.29, 0.717) is 29.1 Å². The summed E-state index contributed by atoms with van der Waals surface area (Å²) < 4.78 is 5.78. The van der Waals surface area contributed by atoms with Crippen LogP contribution in [0, 0.1) is 13.8 Å². The van der Waals surface area contributed by atoms with Crippen LogP contribution in [0.5, 0.6) is 0 Å². The quantitative estimate of drug-likeness (QED) is 0.767. The molecule has 1 aromatic carbocycles. The lowest BCUT2D eigenvalue weighted by Gasteiger charge is -2.36. The van der Waals surface area contributed by atoms with Crippen molar-refractivity contribution in [1.29, 1.82) is 0 Å². The lowest BCUT2D eigenvalue weighted by molar-refractivity contribution is 0.0901. The smallest absolute Gasteiger partial charge is 0.287 e. The van der Waals surface area contributed by atoms with Crippen LogP contribution in [0.1, 0.15) is 64.0 Å². The maximum atomic E-state index is 12.7. The highest BCUT2D eigenvalue weighted by Crippen LogP contribution is 2.29. The Morgan fingerprint density at radius 3 is 2.65 bits per heavy atom. The van der Waals surface area contributed by atoms with Crippen molar-refractivity contribution in [2.45, 2.75) is 52.5 Å². The number of piperazine rings is 1. The summed E-state index contributed by atoms with van der Waals surface area (Å²) in [5.74, 6) is 0.868. The number of carbonyl (C=O) groups is 2. The van der Waals surface area contributed by atoms with Crippen LogP contribution in [0.3, 0.4) is 0 Å². The number of aryl methyl sites for hydroxylation is 2. The Balaban J connectivity index is 1.25. The molecule has 1 N–H and O–H groups in total. The summed E-state index contributed by atoms with van der Waals surface area (Å²) in [5, 5.41) is 3.06. The van der Waals surface area contributed by atoms with Crippen LogP contribution in [0.15, 0.2) is 28.7 Å². The van der Waals surface area contributed by atoms with Gasteiger partial charge in [0.05, 0.1) is 5.56 Å². The number of fused-ring (bicyclic) bond motifs is 1. The minimum atomic E-state index is -0.212. The molecule has 0 radical (unpaired) electrons. The summed E-state index contributed by atoms with van der Waals surface area (Å²) >= 11 is 0. The molecule has 31 heavy (non-hydrogen) atoms. The molecular weight excluding hydrogens is 390 g/mol. The Kier molecular flexibility index (Phi) is 6.46. The van der Waals surface area contributed by atoms with Crippen LogP contribution >= 0.6 is 0 Å². The van der Waals surface area contributed by atoms with Gasteiger partial charge in [-0.1, -0.05) is 12.1 Å². The van der Waals surface area contributed by atoms with E-state index in [1.165, 1.54) is 11.3 Å². The van der Waals surface area contributed by atoms with Gasteiger partial charge in [0.15, 0.2) is 11.5 Å². The van der Waals surface area contributed by atoms with Gasteiger partial charge in [-0.25, -0.2) is 0 Å². The van der Waals surface area contributed by atoms with Gasteiger partial charge in [-0.3, -0.25) is 14.5 Å². The summed E-state index contributed by atoms with van der Waals surface area (Å²) in [6, 6.07) is 8.72. The second-order valence-corrected chi connectivity index (χ2v) is 8.96.